The number of piperazine rings is 1. The van der Waals surface area contributed by atoms with E-state index in [9.17, 15) is 4.79 Å². The first-order valence-corrected chi connectivity index (χ1v) is 12.3. The topological polar surface area (TPSA) is 35.6 Å². The van der Waals surface area contributed by atoms with E-state index in [0.29, 0.717) is 12.6 Å². The Morgan fingerprint density at radius 1 is 0.882 bits per heavy atom. The highest BCUT2D eigenvalue weighted by molar-refractivity contribution is 5.94. The summed E-state index contributed by atoms with van der Waals surface area (Å²) in [7, 11) is 0. The van der Waals surface area contributed by atoms with Gasteiger partial charge < -0.3 is 10.2 Å². The second-order valence-electron chi connectivity index (χ2n) is 8.84. The average Bonchev–Trinajstić information content (AvgIpc) is 2.89. The van der Waals surface area contributed by atoms with Crippen molar-refractivity contribution >= 4 is 12.0 Å². The predicted octanol–water partition coefficient (Wildman–Crippen LogP) is 5.25. The van der Waals surface area contributed by atoms with Crippen LogP contribution in [0.4, 0.5) is 0 Å². The smallest absolute Gasteiger partial charge is 0.251 e. The van der Waals surface area contributed by atoms with Crippen LogP contribution in [0.25, 0.3) is 6.08 Å². The van der Waals surface area contributed by atoms with Gasteiger partial charge in [-0.1, -0.05) is 84.9 Å². The molecule has 176 valence electrons. The molecule has 0 bridgehead atoms. The van der Waals surface area contributed by atoms with Crippen LogP contribution in [0, 0.1) is 0 Å². The molecule has 1 fully saturated rings. The Balaban J connectivity index is 1.25. The van der Waals surface area contributed by atoms with E-state index in [1.807, 2.05) is 43.3 Å². The zero-order valence-corrected chi connectivity index (χ0v) is 20.1. The maximum absolute atomic E-state index is 12.5. The Morgan fingerprint density at radius 3 is 2.15 bits per heavy atom. The van der Waals surface area contributed by atoms with E-state index in [4.69, 9.17) is 0 Å². The first-order valence-electron chi connectivity index (χ1n) is 12.3. The number of nitrogens with zero attached hydrogens (tertiary/aromatic N) is 2. The maximum Gasteiger partial charge on any atom is 0.251 e. The Hall–Kier alpha value is -3.21. The lowest BCUT2D eigenvalue weighted by Crippen LogP contribution is -2.48. The molecule has 1 aliphatic rings. The molecule has 4 rings (SSSR count). The molecule has 0 atom stereocenters. The molecule has 0 aliphatic carbocycles. The molecular formula is C30H35N3O. The van der Waals surface area contributed by atoms with Gasteiger partial charge in [-0.25, -0.2) is 0 Å². The van der Waals surface area contributed by atoms with Gasteiger partial charge in [-0.3, -0.25) is 9.69 Å². The van der Waals surface area contributed by atoms with Gasteiger partial charge in [0.1, 0.15) is 0 Å². The standard InChI is InChI=1S/C30H35N3O/c1-2-11-25-12-9-17-28(24-25)30(34)31-18-10-19-32-20-22-33(23-21-32)29(26-13-5-3-6-14-26)27-15-7-4-8-16-27/h2-9,11-17,24,29H,10,18-23H2,1H3,(H,31,34)/b11-2+. The van der Waals surface area contributed by atoms with Gasteiger partial charge in [0.2, 0.25) is 0 Å². The van der Waals surface area contributed by atoms with Crippen molar-refractivity contribution < 1.29 is 4.79 Å². The zero-order chi connectivity index (χ0) is 23.6. The highest BCUT2D eigenvalue weighted by Crippen LogP contribution is 2.29. The largest absolute Gasteiger partial charge is 0.352 e. The first-order chi connectivity index (χ1) is 16.7. The van der Waals surface area contributed by atoms with Crippen molar-refractivity contribution in [2.75, 3.05) is 39.3 Å². The van der Waals surface area contributed by atoms with Gasteiger partial charge in [-0.15, -0.1) is 0 Å². The van der Waals surface area contributed by atoms with E-state index < -0.39 is 0 Å². The van der Waals surface area contributed by atoms with Gasteiger partial charge in [-0.05, 0) is 48.7 Å². The molecule has 1 aliphatic heterocycles. The van der Waals surface area contributed by atoms with Crippen molar-refractivity contribution in [2.24, 2.45) is 0 Å². The number of benzene rings is 3. The number of rotatable bonds is 9. The van der Waals surface area contributed by atoms with Crippen molar-refractivity contribution in [1.82, 2.24) is 15.1 Å². The molecule has 0 saturated carbocycles. The summed E-state index contributed by atoms with van der Waals surface area (Å²) in [6, 6.07) is 29.7. The molecule has 4 heteroatoms. The molecule has 3 aromatic rings. The second-order valence-corrected chi connectivity index (χ2v) is 8.84. The fourth-order valence-corrected chi connectivity index (χ4v) is 4.71. The second kappa shape index (κ2) is 12.3. The number of nitrogens with one attached hydrogen (secondary N) is 1. The molecule has 0 aromatic heterocycles. The van der Waals surface area contributed by atoms with E-state index >= 15 is 0 Å². The van der Waals surface area contributed by atoms with Gasteiger partial charge in [-0.2, -0.15) is 0 Å². The number of carbonyl (C=O) groups is 1. The van der Waals surface area contributed by atoms with Gasteiger partial charge in [0.25, 0.3) is 5.91 Å². The van der Waals surface area contributed by atoms with Gasteiger partial charge in [0.15, 0.2) is 0 Å². The summed E-state index contributed by atoms with van der Waals surface area (Å²) >= 11 is 0. The summed E-state index contributed by atoms with van der Waals surface area (Å²) in [5, 5.41) is 3.08. The monoisotopic (exact) mass is 453 g/mol. The summed E-state index contributed by atoms with van der Waals surface area (Å²) in [6.07, 6.45) is 4.95. The number of hydrogen-bond donors (Lipinski definition) is 1. The Morgan fingerprint density at radius 2 is 1.53 bits per heavy atom. The highest BCUT2D eigenvalue weighted by atomic mass is 16.1. The fraction of sp³-hybridized carbons (Fsp3) is 0.300. The van der Waals surface area contributed by atoms with Crippen molar-refractivity contribution in [3.63, 3.8) is 0 Å². The maximum atomic E-state index is 12.5. The summed E-state index contributed by atoms with van der Waals surface area (Å²) in [4.78, 5) is 17.6. The number of allylic oxidation sites excluding steroid dienone is 1. The molecule has 1 heterocycles. The molecule has 4 nitrogen and oxygen atoms in total. The molecule has 34 heavy (non-hydrogen) atoms. The molecule has 1 N–H and O–H groups in total. The third-order valence-corrected chi connectivity index (χ3v) is 6.45. The third-order valence-electron chi connectivity index (χ3n) is 6.45. The van der Waals surface area contributed by atoms with E-state index in [2.05, 4.69) is 75.8 Å². The Kier molecular flexibility index (Phi) is 8.66. The minimum absolute atomic E-state index is 0.00439. The molecule has 0 unspecified atom stereocenters. The van der Waals surface area contributed by atoms with Gasteiger partial charge in [0.05, 0.1) is 6.04 Å². The van der Waals surface area contributed by atoms with Crippen LogP contribution < -0.4 is 5.32 Å². The van der Waals surface area contributed by atoms with Crippen molar-refractivity contribution in [2.45, 2.75) is 19.4 Å². The van der Waals surface area contributed by atoms with E-state index in [1.165, 1.54) is 11.1 Å². The summed E-state index contributed by atoms with van der Waals surface area (Å²) in [5.74, 6) is 0.00439. The molecule has 0 spiro atoms. The molecule has 1 amide bonds. The average molecular weight is 454 g/mol. The predicted molar refractivity (Wildman–Crippen MR) is 141 cm³/mol. The highest BCUT2D eigenvalue weighted by Gasteiger charge is 2.26. The SMILES string of the molecule is C/C=C/c1cccc(C(=O)NCCCN2CCN(C(c3ccccc3)c3ccccc3)CC2)c1. The lowest BCUT2D eigenvalue weighted by Gasteiger charge is -2.39. The molecule has 3 aromatic carbocycles. The van der Waals surface area contributed by atoms with Crippen LogP contribution in [-0.2, 0) is 0 Å². The summed E-state index contributed by atoms with van der Waals surface area (Å²) in [5.41, 5.74) is 4.47. The summed E-state index contributed by atoms with van der Waals surface area (Å²) < 4.78 is 0. The van der Waals surface area contributed by atoms with Gasteiger partial charge in [0, 0.05) is 38.3 Å². The minimum atomic E-state index is 0.00439. The van der Waals surface area contributed by atoms with Crippen LogP contribution in [0.1, 0.15) is 46.4 Å². The first kappa shape index (κ1) is 23.9. The van der Waals surface area contributed by atoms with Crippen molar-refractivity contribution in [1.29, 1.82) is 0 Å². The van der Waals surface area contributed by atoms with Gasteiger partial charge >= 0.3 is 0 Å². The van der Waals surface area contributed by atoms with Crippen LogP contribution in [-0.4, -0.2) is 55.0 Å². The quantitative estimate of drug-likeness (QED) is 0.450. The number of amides is 1. The van der Waals surface area contributed by atoms with Crippen LogP contribution in [0.15, 0.2) is 91.0 Å². The van der Waals surface area contributed by atoms with E-state index in [0.717, 1.165) is 50.3 Å². The molecule has 1 saturated heterocycles. The lowest BCUT2D eigenvalue weighted by atomic mass is 9.96. The number of hydrogen-bond acceptors (Lipinski definition) is 3. The molecule has 0 radical (unpaired) electrons. The number of carbonyl (C=O) groups excluding carboxylic acids is 1. The van der Waals surface area contributed by atoms with E-state index in [-0.39, 0.29) is 5.91 Å². The van der Waals surface area contributed by atoms with Crippen LogP contribution in [0.5, 0.6) is 0 Å². The minimum Gasteiger partial charge on any atom is -0.352 e. The Bertz CT molecular complexity index is 1020. The van der Waals surface area contributed by atoms with Crippen LogP contribution >= 0.6 is 0 Å². The lowest BCUT2D eigenvalue weighted by molar-refractivity contribution is 0.0941. The van der Waals surface area contributed by atoms with E-state index in [1.54, 1.807) is 0 Å². The summed E-state index contributed by atoms with van der Waals surface area (Å²) in [6.45, 7) is 7.87. The van der Waals surface area contributed by atoms with Crippen LogP contribution in [0.3, 0.4) is 0 Å². The normalized spacial score (nSPS) is 15.1. The van der Waals surface area contributed by atoms with Crippen LogP contribution in [0.2, 0.25) is 0 Å². The Labute approximate surface area is 203 Å². The zero-order valence-electron chi connectivity index (χ0n) is 20.1. The van der Waals surface area contributed by atoms with Crippen molar-refractivity contribution in [3.05, 3.63) is 113 Å². The third kappa shape index (κ3) is 6.43. The fourth-order valence-electron chi connectivity index (χ4n) is 4.71. The molecular weight excluding hydrogens is 418 g/mol. The van der Waals surface area contributed by atoms with Crippen molar-refractivity contribution in [3.8, 4) is 0 Å².